The third kappa shape index (κ3) is 4.31. The fraction of sp³-hybridized carbons (Fsp3) is 0.889. The first-order valence-corrected chi connectivity index (χ1v) is 4.48. The Hall–Kier alpha value is -0.510. The van der Waals surface area contributed by atoms with Crippen LogP contribution in [0.25, 0.3) is 0 Å². The van der Waals surface area contributed by atoms with Crippen molar-refractivity contribution in [2.45, 2.75) is 44.6 Å². The zero-order valence-electron chi connectivity index (χ0n) is 7.69. The molecule has 13 heavy (non-hydrogen) atoms. The summed E-state index contributed by atoms with van der Waals surface area (Å²) in [5, 5.41) is 0. The summed E-state index contributed by atoms with van der Waals surface area (Å²) in [4.78, 5) is 10.8. The molecule has 1 saturated carbocycles. The number of ether oxygens (including phenoxy) is 1. The Morgan fingerprint density at radius 2 is 2.00 bits per heavy atom. The van der Waals surface area contributed by atoms with Gasteiger partial charge in [0, 0.05) is 19.8 Å². The molecule has 2 nitrogen and oxygen atoms in total. The van der Waals surface area contributed by atoms with Crippen LogP contribution in [0.5, 0.6) is 0 Å². The summed E-state index contributed by atoms with van der Waals surface area (Å²) in [7, 11) is 0. The van der Waals surface area contributed by atoms with Crippen LogP contribution in [0.4, 0.5) is 8.78 Å². The highest BCUT2D eigenvalue weighted by molar-refractivity contribution is 5.79. The molecule has 0 atom stereocenters. The largest absolute Gasteiger partial charge is 0.372 e. The van der Waals surface area contributed by atoms with E-state index in [1.807, 2.05) is 0 Å². The Morgan fingerprint density at radius 3 is 2.46 bits per heavy atom. The maximum Gasteiger partial charge on any atom is 0.268 e. The van der Waals surface area contributed by atoms with Crippen molar-refractivity contribution < 1.29 is 18.3 Å². The Labute approximate surface area is 76.3 Å². The van der Waals surface area contributed by atoms with Crippen LogP contribution in [0.2, 0.25) is 0 Å². The van der Waals surface area contributed by atoms with E-state index in [4.69, 9.17) is 4.74 Å². The monoisotopic (exact) mass is 192 g/mol. The molecule has 4 heteroatoms. The van der Waals surface area contributed by atoms with Crippen LogP contribution >= 0.6 is 0 Å². The van der Waals surface area contributed by atoms with Crippen LogP contribution in [0.15, 0.2) is 0 Å². The highest BCUT2D eigenvalue weighted by Gasteiger charge is 2.25. The molecule has 0 aliphatic heterocycles. The zero-order valence-corrected chi connectivity index (χ0v) is 7.69. The van der Waals surface area contributed by atoms with Gasteiger partial charge in [0.1, 0.15) is 12.4 Å². The van der Waals surface area contributed by atoms with Gasteiger partial charge in [0.05, 0.1) is 6.10 Å². The molecule has 76 valence electrons. The van der Waals surface area contributed by atoms with E-state index in [1.165, 1.54) is 0 Å². The molecule has 0 radical (unpaired) electrons. The summed E-state index contributed by atoms with van der Waals surface area (Å²) >= 11 is 0. The molecule has 0 amide bonds. The topological polar surface area (TPSA) is 26.3 Å². The van der Waals surface area contributed by atoms with E-state index in [9.17, 15) is 13.6 Å². The Balaban J connectivity index is 2.20. The smallest absolute Gasteiger partial charge is 0.268 e. The standard InChI is InChI=1S/C9H14F2O2/c1-9(10,11)6-13-8-4-2-7(12)3-5-8/h8H,2-6H2,1H3. The number of alkyl halides is 2. The predicted octanol–water partition coefficient (Wildman–Crippen LogP) is 2.17. The number of hydrogen-bond acceptors (Lipinski definition) is 2. The van der Waals surface area contributed by atoms with Crippen molar-refractivity contribution in [3.63, 3.8) is 0 Å². The molecule has 0 aromatic rings. The molecule has 0 unspecified atom stereocenters. The van der Waals surface area contributed by atoms with E-state index in [-0.39, 0.29) is 11.9 Å². The minimum Gasteiger partial charge on any atom is -0.372 e. The summed E-state index contributed by atoms with van der Waals surface area (Å²) in [6.45, 7) is 0.298. The van der Waals surface area contributed by atoms with Crippen LogP contribution in [-0.4, -0.2) is 24.4 Å². The lowest BCUT2D eigenvalue weighted by Crippen LogP contribution is -2.27. The molecule has 0 heterocycles. The Morgan fingerprint density at radius 1 is 1.46 bits per heavy atom. The van der Waals surface area contributed by atoms with Crippen molar-refractivity contribution in [2.75, 3.05) is 6.61 Å². The van der Waals surface area contributed by atoms with Gasteiger partial charge in [-0.3, -0.25) is 4.79 Å². The normalized spacial score (nSPS) is 20.7. The van der Waals surface area contributed by atoms with Gasteiger partial charge in [0.25, 0.3) is 5.92 Å². The van der Waals surface area contributed by atoms with Crippen molar-refractivity contribution in [3.8, 4) is 0 Å². The molecule has 0 N–H and O–H groups in total. The molecule has 1 aliphatic rings. The van der Waals surface area contributed by atoms with E-state index in [2.05, 4.69) is 0 Å². The minimum absolute atomic E-state index is 0.150. The first-order valence-electron chi connectivity index (χ1n) is 4.48. The van der Waals surface area contributed by atoms with E-state index >= 15 is 0 Å². The minimum atomic E-state index is -2.76. The average molecular weight is 192 g/mol. The number of hydrogen-bond donors (Lipinski definition) is 0. The van der Waals surface area contributed by atoms with Crippen molar-refractivity contribution in [1.82, 2.24) is 0 Å². The fourth-order valence-electron chi connectivity index (χ4n) is 1.34. The van der Waals surface area contributed by atoms with Crippen LogP contribution in [0, 0.1) is 0 Å². The van der Waals surface area contributed by atoms with Gasteiger partial charge in [-0.2, -0.15) is 0 Å². The first-order chi connectivity index (χ1) is 5.97. The number of carbonyl (C=O) groups excluding carboxylic acids is 1. The highest BCUT2D eigenvalue weighted by Crippen LogP contribution is 2.20. The van der Waals surface area contributed by atoms with E-state index < -0.39 is 12.5 Å². The Bertz CT molecular complexity index is 177. The highest BCUT2D eigenvalue weighted by atomic mass is 19.3. The zero-order chi connectivity index (χ0) is 9.90. The number of Topliss-reactive ketones (excluding diaryl/α,β-unsaturated/α-hetero) is 1. The van der Waals surface area contributed by atoms with Gasteiger partial charge in [0.2, 0.25) is 0 Å². The molecule has 0 bridgehead atoms. The lowest BCUT2D eigenvalue weighted by Gasteiger charge is -2.22. The van der Waals surface area contributed by atoms with Crippen LogP contribution in [0.3, 0.4) is 0 Å². The maximum atomic E-state index is 12.4. The van der Waals surface area contributed by atoms with Gasteiger partial charge >= 0.3 is 0 Å². The second kappa shape index (κ2) is 4.13. The number of rotatable bonds is 3. The SMILES string of the molecule is CC(F)(F)COC1CCC(=O)CC1. The number of halogens is 2. The average Bonchev–Trinajstić information content (AvgIpc) is 2.02. The number of ketones is 1. The van der Waals surface area contributed by atoms with Gasteiger partial charge in [-0.05, 0) is 12.8 Å². The third-order valence-electron chi connectivity index (χ3n) is 2.06. The van der Waals surface area contributed by atoms with Gasteiger partial charge in [-0.15, -0.1) is 0 Å². The number of carbonyl (C=O) groups is 1. The molecule has 0 spiro atoms. The summed E-state index contributed by atoms with van der Waals surface area (Å²) in [6.07, 6.45) is 1.98. The lowest BCUT2D eigenvalue weighted by atomic mass is 9.96. The van der Waals surface area contributed by atoms with Crippen molar-refractivity contribution >= 4 is 5.78 Å². The van der Waals surface area contributed by atoms with Crippen LogP contribution in [0.1, 0.15) is 32.6 Å². The summed E-state index contributed by atoms with van der Waals surface area (Å²) < 4.78 is 29.7. The van der Waals surface area contributed by atoms with Crippen LogP contribution in [-0.2, 0) is 9.53 Å². The molecule has 0 saturated heterocycles. The molecule has 1 rings (SSSR count). The fourth-order valence-corrected chi connectivity index (χ4v) is 1.34. The summed E-state index contributed by atoms with van der Waals surface area (Å²) in [5.74, 6) is -2.55. The van der Waals surface area contributed by atoms with Crippen molar-refractivity contribution in [2.24, 2.45) is 0 Å². The molecule has 1 aliphatic carbocycles. The van der Waals surface area contributed by atoms with E-state index in [0.717, 1.165) is 6.92 Å². The van der Waals surface area contributed by atoms with E-state index in [0.29, 0.717) is 25.7 Å². The first kappa shape index (κ1) is 10.6. The second-order valence-corrected chi connectivity index (χ2v) is 3.62. The molecular formula is C9H14F2O2. The molecular weight excluding hydrogens is 178 g/mol. The van der Waals surface area contributed by atoms with E-state index in [1.54, 1.807) is 0 Å². The van der Waals surface area contributed by atoms with Crippen molar-refractivity contribution in [3.05, 3.63) is 0 Å². The summed E-state index contributed by atoms with van der Waals surface area (Å²) in [6, 6.07) is 0. The quantitative estimate of drug-likeness (QED) is 0.685. The molecule has 0 aromatic carbocycles. The maximum absolute atomic E-state index is 12.4. The van der Waals surface area contributed by atoms with Gasteiger partial charge < -0.3 is 4.74 Å². The molecule has 0 aromatic heterocycles. The van der Waals surface area contributed by atoms with Gasteiger partial charge in [0.15, 0.2) is 0 Å². The summed E-state index contributed by atoms with van der Waals surface area (Å²) in [5.41, 5.74) is 0. The second-order valence-electron chi connectivity index (χ2n) is 3.62. The molecule has 1 fully saturated rings. The third-order valence-corrected chi connectivity index (χ3v) is 2.06. The predicted molar refractivity (Wildman–Crippen MR) is 43.8 cm³/mol. The van der Waals surface area contributed by atoms with Gasteiger partial charge in [-0.1, -0.05) is 0 Å². The van der Waals surface area contributed by atoms with Crippen LogP contribution < -0.4 is 0 Å². The van der Waals surface area contributed by atoms with Gasteiger partial charge in [-0.25, -0.2) is 8.78 Å². The Kier molecular flexibility index (Phi) is 3.36. The lowest BCUT2D eigenvalue weighted by molar-refractivity contribution is -0.126. The van der Waals surface area contributed by atoms with Crippen molar-refractivity contribution in [1.29, 1.82) is 0 Å².